The summed E-state index contributed by atoms with van der Waals surface area (Å²) in [5.74, 6) is 0.733. The molecular formula is C17H22ClNOS. The monoisotopic (exact) mass is 323 g/mol. The molecule has 0 bridgehead atoms. The average molecular weight is 324 g/mol. The Morgan fingerprint density at radius 2 is 1.95 bits per heavy atom. The van der Waals surface area contributed by atoms with Gasteiger partial charge in [0.2, 0.25) is 0 Å². The molecule has 1 heterocycles. The van der Waals surface area contributed by atoms with Gasteiger partial charge >= 0.3 is 0 Å². The molecule has 4 heteroatoms. The van der Waals surface area contributed by atoms with Crippen LogP contribution < -0.4 is 10.5 Å². The minimum Gasteiger partial charge on any atom is -0.487 e. The maximum atomic E-state index is 6.29. The van der Waals surface area contributed by atoms with Crippen LogP contribution in [0.25, 0.3) is 0 Å². The van der Waals surface area contributed by atoms with E-state index in [4.69, 9.17) is 22.1 Å². The molecule has 0 saturated heterocycles. The van der Waals surface area contributed by atoms with E-state index in [2.05, 4.69) is 26.0 Å². The molecule has 0 aliphatic carbocycles. The molecule has 1 atom stereocenters. The molecule has 1 aromatic heterocycles. The van der Waals surface area contributed by atoms with E-state index in [9.17, 15) is 0 Å². The molecule has 1 unspecified atom stereocenters. The summed E-state index contributed by atoms with van der Waals surface area (Å²) in [6.45, 7) is 4.82. The predicted molar refractivity (Wildman–Crippen MR) is 91.5 cm³/mol. The first-order valence-corrected chi connectivity index (χ1v) is 8.56. The van der Waals surface area contributed by atoms with Gasteiger partial charge in [0.15, 0.2) is 0 Å². The molecule has 0 spiro atoms. The van der Waals surface area contributed by atoms with Crippen molar-refractivity contribution in [2.45, 2.75) is 45.8 Å². The molecular weight excluding hydrogens is 302 g/mol. The van der Waals surface area contributed by atoms with Crippen molar-refractivity contribution < 1.29 is 4.74 Å². The van der Waals surface area contributed by atoms with Gasteiger partial charge in [-0.25, -0.2) is 0 Å². The van der Waals surface area contributed by atoms with Crippen molar-refractivity contribution in [2.75, 3.05) is 0 Å². The maximum Gasteiger partial charge on any atom is 0.138 e. The Bertz CT molecular complexity index is 582. The number of hydrogen-bond donors (Lipinski definition) is 1. The lowest BCUT2D eigenvalue weighted by molar-refractivity contribution is 0.310. The smallest absolute Gasteiger partial charge is 0.138 e. The molecule has 2 N–H and O–H groups in total. The average Bonchev–Trinajstić information content (AvgIpc) is 2.94. The van der Waals surface area contributed by atoms with Crippen molar-refractivity contribution in [1.82, 2.24) is 0 Å². The molecule has 2 nitrogen and oxygen atoms in total. The van der Waals surface area contributed by atoms with Gasteiger partial charge in [-0.3, -0.25) is 0 Å². The SMILES string of the molecule is CCc1ccc(COc2ccc(CC(N)CC)cc2Cl)s1. The van der Waals surface area contributed by atoms with Gasteiger partial charge in [-0.2, -0.15) is 0 Å². The molecule has 0 aliphatic rings. The summed E-state index contributed by atoms with van der Waals surface area (Å²) in [6, 6.07) is 10.4. The first kappa shape index (κ1) is 16.3. The van der Waals surface area contributed by atoms with Crippen LogP contribution >= 0.6 is 22.9 Å². The number of aryl methyl sites for hydroxylation is 1. The van der Waals surface area contributed by atoms with E-state index >= 15 is 0 Å². The van der Waals surface area contributed by atoms with Crippen molar-refractivity contribution >= 4 is 22.9 Å². The minimum absolute atomic E-state index is 0.186. The third-order valence-electron chi connectivity index (χ3n) is 3.45. The van der Waals surface area contributed by atoms with Crippen molar-refractivity contribution in [2.24, 2.45) is 5.73 Å². The third kappa shape index (κ3) is 4.73. The van der Waals surface area contributed by atoms with Gasteiger partial charge in [-0.1, -0.05) is 31.5 Å². The molecule has 0 radical (unpaired) electrons. The van der Waals surface area contributed by atoms with E-state index in [0.717, 1.165) is 30.6 Å². The Balaban J connectivity index is 1.97. The number of hydrogen-bond acceptors (Lipinski definition) is 3. The van der Waals surface area contributed by atoms with E-state index in [1.807, 2.05) is 18.2 Å². The van der Waals surface area contributed by atoms with Crippen molar-refractivity contribution in [3.05, 3.63) is 50.7 Å². The lowest BCUT2D eigenvalue weighted by Gasteiger charge is -2.11. The largest absolute Gasteiger partial charge is 0.487 e. The summed E-state index contributed by atoms with van der Waals surface area (Å²) in [6.07, 6.45) is 2.88. The highest BCUT2D eigenvalue weighted by Crippen LogP contribution is 2.28. The lowest BCUT2D eigenvalue weighted by Crippen LogP contribution is -2.21. The molecule has 0 amide bonds. The van der Waals surface area contributed by atoms with Crippen LogP contribution in [0.1, 0.15) is 35.6 Å². The van der Waals surface area contributed by atoms with Crippen LogP contribution in [0.5, 0.6) is 5.75 Å². The quantitative estimate of drug-likeness (QED) is 0.792. The standard InChI is InChI=1S/C17H22ClNOS/c1-3-13(19)9-12-5-8-17(16(18)10-12)20-11-15-7-6-14(4-2)21-15/h5-8,10,13H,3-4,9,11,19H2,1-2H3. The summed E-state index contributed by atoms with van der Waals surface area (Å²) in [5.41, 5.74) is 7.13. The van der Waals surface area contributed by atoms with Crippen LogP contribution in [0, 0.1) is 0 Å². The number of ether oxygens (including phenoxy) is 1. The highest BCUT2D eigenvalue weighted by molar-refractivity contribution is 7.11. The Morgan fingerprint density at radius 3 is 2.57 bits per heavy atom. The first-order valence-electron chi connectivity index (χ1n) is 7.36. The van der Waals surface area contributed by atoms with Crippen molar-refractivity contribution in [3.63, 3.8) is 0 Å². The van der Waals surface area contributed by atoms with E-state index in [0.29, 0.717) is 11.6 Å². The number of nitrogens with two attached hydrogens (primary N) is 1. The number of rotatable bonds is 7. The molecule has 0 saturated carbocycles. The van der Waals surface area contributed by atoms with Crippen LogP contribution in [0.2, 0.25) is 5.02 Å². The van der Waals surface area contributed by atoms with Crippen LogP contribution in [-0.2, 0) is 19.4 Å². The second kappa shape index (κ2) is 7.83. The highest BCUT2D eigenvalue weighted by atomic mass is 35.5. The van der Waals surface area contributed by atoms with Gasteiger partial charge in [0.05, 0.1) is 5.02 Å². The second-order valence-corrected chi connectivity index (χ2v) is 6.81. The molecule has 1 aromatic carbocycles. The zero-order valence-corrected chi connectivity index (χ0v) is 14.1. The number of benzene rings is 1. The number of halogens is 1. The fourth-order valence-electron chi connectivity index (χ4n) is 2.07. The Labute approximate surface area is 135 Å². The predicted octanol–water partition coefficient (Wildman–Crippen LogP) is 4.82. The Hall–Kier alpha value is -1.03. The molecule has 0 aliphatic heterocycles. The second-order valence-electron chi connectivity index (χ2n) is 5.15. The van der Waals surface area contributed by atoms with Gasteiger partial charge in [0.1, 0.15) is 12.4 Å². The van der Waals surface area contributed by atoms with Gasteiger partial charge < -0.3 is 10.5 Å². The molecule has 2 rings (SSSR count). The van der Waals surface area contributed by atoms with E-state index in [1.165, 1.54) is 9.75 Å². The van der Waals surface area contributed by atoms with Crippen LogP contribution in [0.15, 0.2) is 30.3 Å². The summed E-state index contributed by atoms with van der Waals surface area (Å²) in [7, 11) is 0. The molecule has 21 heavy (non-hydrogen) atoms. The van der Waals surface area contributed by atoms with Crippen LogP contribution in [0.3, 0.4) is 0 Å². The van der Waals surface area contributed by atoms with E-state index < -0.39 is 0 Å². The molecule has 114 valence electrons. The van der Waals surface area contributed by atoms with Crippen molar-refractivity contribution in [1.29, 1.82) is 0 Å². The topological polar surface area (TPSA) is 35.2 Å². The summed E-state index contributed by atoms with van der Waals surface area (Å²) >= 11 is 8.08. The number of thiophene rings is 1. The van der Waals surface area contributed by atoms with Gasteiger partial charge in [-0.05, 0) is 49.1 Å². The minimum atomic E-state index is 0.186. The van der Waals surface area contributed by atoms with Gasteiger partial charge in [0, 0.05) is 15.8 Å². The maximum absolute atomic E-state index is 6.29. The first-order chi connectivity index (χ1) is 10.1. The van der Waals surface area contributed by atoms with E-state index in [1.54, 1.807) is 11.3 Å². The third-order valence-corrected chi connectivity index (χ3v) is 4.95. The normalized spacial score (nSPS) is 12.4. The van der Waals surface area contributed by atoms with Gasteiger partial charge in [0.25, 0.3) is 0 Å². The molecule has 0 fully saturated rings. The van der Waals surface area contributed by atoms with Crippen LogP contribution in [0.4, 0.5) is 0 Å². The Morgan fingerprint density at radius 1 is 1.19 bits per heavy atom. The highest BCUT2D eigenvalue weighted by Gasteiger charge is 2.07. The van der Waals surface area contributed by atoms with Crippen LogP contribution in [-0.4, -0.2) is 6.04 Å². The fourth-order valence-corrected chi connectivity index (χ4v) is 3.20. The van der Waals surface area contributed by atoms with Gasteiger partial charge in [-0.15, -0.1) is 11.3 Å². The summed E-state index contributed by atoms with van der Waals surface area (Å²) < 4.78 is 5.81. The zero-order valence-electron chi connectivity index (χ0n) is 12.6. The molecule has 2 aromatic rings. The Kier molecular flexibility index (Phi) is 6.09. The van der Waals surface area contributed by atoms with Crippen molar-refractivity contribution in [3.8, 4) is 5.75 Å². The summed E-state index contributed by atoms with van der Waals surface area (Å²) in [4.78, 5) is 2.60. The fraction of sp³-hybridized carbons (Fsp3) is 0.412. The zero-order chi connectivity index (χ0) is 15.2. The van der Waals surface area contributed by atoms with E-state index in [-0.39, 0.29) is 6.04 Å². The lowest BCUT2D eigenvalue weighted by atomic mass is 10.0. The summed E-state index contributed by atoms with van der Waals surface area (Å²) in [5, 5.41) is 0.656.